The molecule has 0 heterocycles. The second-order valence-corrected chi connectivity index (χ2v) is 6.09. The number of carboxylic acids is 1. The van der Waals surface area contributed by atoms with Gasteiger partial charge in [0, 0.05) is 0 Å². The number of quaternary nitrogens is 1. The molecule has 0 rings (SSSR count). The molecule has 0 spiro atoms. The smallest absolute Gasteiger partial charge is 0.306 e. The molecule has 0 aromatic carbocycles. The van der Waals surface area contributed by atoms with Gasteiger partial charge in [0.1, 0.15) is 12.6 Å². The zero-order chi connectivity index (χ0) is 12.3. The first kappa shape index (κ1) is 18.0. The largest absolute Gasteiger partial charge is 1.00 e. The van der Waals surface area contributed by atoms with Crippen molar-refractivity contribution in [1.82, 2.24) is 0 Å². The van der Waals surface area contributed by atoms with Crippen LogP contribution in [0, 0.1) is 0 Å². The van der Waals surface area contributed by atoms with E-state index in [1.54, 1.807) is 0 Å². The molecule has 0 amide bonds. The fourth-order valence-corrected chi connectivity index (χ4v) is 1.81. The number of aliphatic carboxylic acids is 1. The van der Waals surface area contributed by atoms with E-state index in [9.17, 15) is 13.2 Å². The Morgan fingerprint density at radius 1 is 1.38 bits per heavy atom. The first-order valence-electron chi connectivity index (χ1n) is 4.40. The summed E-state index contributed by atoms with van der Waals surface area (Å²) in [6, 6.07) is 0. The van der Waals surface area contributed by atoms with Crippen molar-refractivity contribution in [3.05, 3.63) is 0 Å². The van der Waals surface area contributed by atoms with Crippen LogP contribution in [0.2, 0.25) is 0 Å². The average molecular weight is 276 g/mol. The van der Waals surface area contributed by atoms with E-state index in [-0.39, 0.29) is 18.8 Å². The van der Waals surface area contributed by atoms with Crippen LogP contribution < -0.4 is 12.4 Å². The highest BCUT2D eigenvalue weighted by atomic mass is 35.5. The highest BCUT2D eigenvalue weighted by Gasteiger charge is 2.25. The number of halogens is 1. The van der Waals surface area contributed by atoms with E-state index in [2.05, 4.69) is 0 Å². The molecule has 0 fully saturated rings. The summed E-state index contributed by atoms with van der Waals surface area (Å²) < 4.78 is 26.9. The third kappa shape index (κ3) is 11.7. The number of hydrogen-bond donors (Lipinski definition) is 1. The van der Waals surface area contributed by atoms with Crippen LogP contribution >= 0.6 is 0 Å². The maximum atomic E-state index is 10.9. The lowest BCUT2D eigenvalue weighted by molar-refractivity contribution is -0.873. The van der Waals surface area contributed by atoms with Crippen LogP contribution in [0.5, 0.6) is 0 Å². The summed E-state index contributed by atoms with van der Waals surface area (Å²) in [6.45, 7) is 0.319. The summed E-state index contributed by atoms with van der Waals surface area (Å²) in [5, 5.41) is 8.60. The average Bonchev–Trinajstić information content (AvgIpc) is 1.73. The van der Waals surface area contributed by atoms with Gasteiger partial charge in [-0.15, -0.1) is 0 Å². The van der Waals surface area contributed by atoms with E-state index in [0.717, 1.165) is 6.26 Å². The molecule has 0 aliphatic rings. The summed E-state index contributed by atoms with van der Waals surface area (Å²) >= 11 is 0. The predicted octanol–water partition coefficient (Wildman–Crippen LogP) is -3.48. The Morgan fingerprint density at radius 2 is 1.81 bits per heavy atom. The number of carboxylic acid groups (broad SMARTS) is 1. The standard InChI is InChI=1S/C8H17NO5S.ClH/c1-9(2,3)6-7(5-8(10)11)14-15(4,12)13;/h7H,5-6H2,1-4H3;1H. The zero-order valence-electron chi connectivity index (χ0n) is 9.81. The number of hydrogen-bond acceptors (Lipinski definition) is 4. The minimum absolute atomic E-state index is 0. The van der Waals surface area contributed by atoms with Gasteiger partial charge in [0.05, 0.1) is 33.8 Å². The molecule has 0 saturated heterocycles. The van der Waals surface area contributed by atoms with Crippen LogP contribution in [0.15, 0.2) is 0 Å². The van der Waals surface area contributed by atoms with Gasteiger partial charge in [0.2, 0.25) is 0 Å². The molecule has 6 nitrogen and oxygen atoms in total. The zero-order valence-corrected chi connectivity index (χ0v) is 11.4. The number of rotatable bonds is 6. The second kappa shape index (κ2) is 6.39. The summed E-state index contributed by atoms with van der Waals surface area (Å²) in [6.07, 6.45) is -0.224. The quantitative estimate of drug-likeness (QED) is 0.402. The van der Waals surface area contributed by atoms with Gasteiger partial charge >= 0.3 is 5.97 Å². The van der Waals surface area contributed by atoms with Crippen molar-refractivity contribution in [3.63, 3.8) is 0 Å². The normalized spacial score (nSPS) is 14.0. The highest BCUT2D eigenvalue weighted by Crippen LogP contribution is 2.07. The van der Waals surface area contributed by atoms with Gasteiger partial charge in [-0.1, -0.05) is 0 Å². The minimum atomic E-state index is -3.61. The Labute approximate surface area is 102 Å². The van der Waals surface area contributed by atoms with E-state index < -0.39 is 22.2 Å². The molecule has 0 aliphatic heterocycles. The van der Waals surface area contributed by atoms with E-state index in [1.807, 2.05) is 21.1 Å². The summed E-state index contributed by atoms with van der Waals surface area (Å²) in [5.41, 5.74) is 0. The number of nitrogens with zero attached hydrogens (tertiary/aromatic N) is 1. The molecule has 0 aliphatic carbocycles. The van der Waals surface area contributed by atoms with Gasteiger partial charge < -0.3 is 22.0 Å². The van der Waals surface area contributed by atoms with E-state index >= 15 is 0 Å². The van der Waals surface area contributed by atoms with Crippen molar-refractivity contribution < 1.29 is 39.4 Å². The van der Waals surface area contributed by atoms with E-state index in [1.165, 1.54) is 0 Å². The van der Waals surface area contributed by atoms with Crippen molar-refractivity contribution >= 4 is 16.1 Å². The van der Waals surface area contributed by atoms with E-state index in [0.29, 0.717) is 11.0 Å². The monoisotopic (exact) mass is 275 g/mol. The summed E-state index contributed by atoms with van der Waals surface area (Å²) in [5.74, 6) is -1.07. The molecule has 0 aromatic rings. The topological polar surface area (TPSA) is 80.7 Å². The first-order valence-corrected chi connectivity index (χ1v) is 6.22. The fourth-order valence-electron chi connectivity index (χ4n) is 1.18. The van der Waals surface area contributed by atoms with Gasteiger partial charge in [-0.2, -0.15) is 8.42 Å². The maximum absolute atomic E-state index is 10.9. The Bertz CT molecular complexity index is 322. The minimum Gasteiger partial charge on any atom is -1.00 e. The Morgan fingerprint density at radius 3 is 2.06 bits per heavy atom. The highest BCUT2D eigenvalue weighted by molar-refractivity contribution is 7.86. The number of carbonyl (C=O) groups is 1. The van der Waals surface area contributed by atoms with Crippen molar-refractivity contribution in [2.24, 2.45) is 0 Å². The van der Waals surface area contributed by atoms with Gasteiger partial charge in [-0.3, -0.25) is 8.98 Å². The lowest BCUT2D eigenvalue weighted by Gasteiger charge is -2.27. The van der Waals surface area contributed by atoms with Crippen molar-refractivity contribution in [1.29, 1.82) is 0 Å². The van der Waals surface area contributed by atoms with Crippen LogP contribution in [0.25, 0.3) is 0 Å². The lowest BCUT2D eigenvalue weighted by Crippen LogP contribution is -3.00. The molecule has 1 N–H and O–H groups in total. The van der Waals surface area contributed by atoms with Crippen LogP contribution in [-0.2, 0) is 19.1 Å². The Hall–Kier alpha value is -0.370. The maximum Gasteiger partial charge on any atom is 0.306 e. The molecule has 16 heavy (non-hydrogen) atoms. The van der Waals surface area contributed by atoms with Crippen LogP contribution in [0.4, 0.5) is 0 Å². The predicted molar refractivity (Wildman–Crippen MR) is 54.9 cm³/mol. The molecule has 0 radical (unpaired) electrons. The lowest BCUT2D eigenvalue weighted by atomic mass is 10.2. The molecule has 0 bridgehead atoms. The molecule has 1 atom stereocenters. The summed E-state index contributed by atoms with van der Waals surface area (Å²) in [4.78, 5) is 10.5. The fraction of sp³-hybridized carbons (Fsp3) is 0.875. The number of likely N-dealkylation sites (N-methyl/N-ethyl adjacent to an activating group) is 1. The molecule has 1 unspecified atom stereocenters. The molecular weight excluding hydrogens is 258 g/mol. The Balaban J connectivity index is 0. The van der Waals surface area contributed by atoms with Gasteiger partial charge in [0.25, 0.3) is 10.1 Å². The van der Waals surface area contributed by atoms with Crippen LogP contribution in [0.1, 0.15) is 6.42 Å². The molecule has 0 saturated carbocycles. The van der Waals surface area contributed by atoms with Gasteiger partial charge in [-0.05, 0) is 0 Å². The first-order chi connectivity index (χ1) is 6.49. The third-order valence-corrected chi connectivity index (χ3v) is 2.09. The second-order valence-electron chi connectivity index (χ2n) is 4.49. The summed E-state index contributed by atoms with van der Waals surface area (Å²) in [7, 11) is 1.89. The SMILES string of the molecule is C[N+](C)(C)CC(CC(=O)O)OS(C)(=O)=O.[Cl-]. The Kier molecular flexibility index (Phi) is 7.19. The molecule has 8 heteroatoms. The molecular formula is C8H18ClNO5S. The van der Waals surface area contributed by atoms with Crippen molar-refractivity contribution in [3.8, 4) is 0 Å². The third-order valence-electron chi connectivity index (χ3n) is 1.46. The van der Waals surface area contributed by atoms with Crippen LogP contribution in [0.3, 0.4) is 0 Å². The van der Waals surface area contributed by atoms with Gasteiger partial charge in [-0.25, -0.2) is 0 Å². The van der Waals surface area contributed by atoms with E-state index in [4.69, 9.17) is 9.29 Å². The van der Waals surface area contributed by atoms with Gasteiger partial charge in [0.15, 0.2) is 0 Å². The van der Waals surface area contributed by atoms with Crippen LogP contribution in [-0.4, -0.2) is 64.0 Å². The molecule has 98 valence electrons. The molecule has 0 aromatic heterocycles. The van der Waals surface area contributed by atoms with Crippen molar-refractivity contribution in [2.75, 3.05) is 33.9 Å². The van der Waals surface area contributed by atoms with Crippen molar-refractivity contribution in [2.45, 2.75) is 12.5 Å².